The predicted octanol–water partition coefficient (Wildman–Crippen LogP) is 3.20. The van der Waals surface area contributed by atoms with E-state index in [4.69, 9.17) is 9.47 Å². The number of allylic oxidation sites excluding steroid dienone is 4. The van der Waals surface area contributed by atoms with Crippen LogP contribution in [0.5, 0.6) is 0 Å². The van der Waals surface area contributed by atoms with Crippen LogP contribution in [0.1, 0.15) is 41.0 Å². The molecule has 0 aromatic carbocycles. The fourth-order valence-electron chi connectivity index (χ4n) is 2.26. The zero-order chi connectivity index (χ0) is 19.7. The van der Waals surface area contributed by atoms with Gasteiger partial charge >= 0.3 is 6.09 Å². The number of morpholine rings is 1. The summed E-state index contributed by atoms with van der Waals surface area (Å²) >= 11 is 0. The smallest absolute Gasteiger partial charge is 0.412 e. The van der Waals surface area contributed by atoms with Gasteiger partial charge in [-0.2, -0.15) is 0 Å². The van der Waals surface area contributed by atoms with Gasteiger partial charge in [0.15, 0.2) is 0 Å². The molecule has 0 spiro atoms. The molecular formula is C18H29N3O5. The second-order valence-electron chi connectivity index (χ2n) is 6.86. The number of alkyl carbamates (subject to hydrolysis) is 1. The van der Waals surface area contributed by atoms with Crippen LogP contribution in [0.25, 0.3) is 0 Å². The minimum absolute atomic E-state index is 0.106. The van der Waals surface area contributed by atoms with Gasteiger partial charge in [0.25, 0.3) is 5.70 Å². The summed E-state index contributed by atoms with van der Waals surface area (Å²) in [5.74, 6) is 0. The lowest BCUT2D eigenvalue weighted by Gasteiger charge is -2.31. The highest BCUT2D eigenvalue weighted by Gasteiger charge is 2.21. The number of nitro groups is 1. The molecule has 8 heteroatoms. The quantitative estimate of drug-likeness (QED) is 0.440. The van der Waals surface area contributed by atoms with Gasteiger partial charge in [0.05, 0.1) is 23.8 Å². The van der Waals surface area contributed by atoms with Crippen LogP contribution < -0.4 is 5.32 Å². The molecule has 1 aliphatic rings. The van der Waals surface area contributed by atoms with E-state index < -0.39 is 16.6 Å². The lowest BCUT2D eigenvalue weighted by Crippen LogP contribution is -2.38. The molecule has 0 radical (unpaired) electrons. The fraction of sp³-hybridized carbons (Fsp3) is 0.611. The molecule has 0 unspecified atom stereocenters. The monoisotopic (exact) mass is 367 g/mol. The fourth-order valence-corrected chi connectivity index (χ4v) is 2.26. The number of nitrogens with one attached hydrogen (secondary N) is 1. The zero-order valence-electron chi connectivity index (χ0n) is 16.2. The first-order valence-electron chi connectivity index (χ1n) is 8.70. The molecule has 26 heavy (non-hydrogen) atoms. The summed E-state index contributed by atoms with van der Waals surface area (Å²) in [5.41, 5.74) is 0.294. The average molecular weight is 367 g/mol. The molecule has 0 bridgehead atoms. The number of rotatable bonds is 6. The molecule has 1 rings (SSSR count). The van der Waals surface area contributed by atoms with Gasteiger partial charge < -0.3 is 14.4 Å². The molecule has 1 amide bonds. The summed E-state index contributed by atoms with van der Waals surface area (Å²) < 4.78 is 10.6. The second-order valence-corrected chi connectivity index (χ2v) is 6.86. The van der Waals surface area contributed by atoms with Crippen LogP contribution in [0, 0.1) is 10.1 Å². The molecule has 0 aromatic rings. The van der Waals surface area contributed by atoms with Crippen molar-refractivity contribution in [3.05, 3.63) is 45.4 Å². The highest BCUT2D eigenvalue weighted by atomic mass is 16.6. The summed E-state index contributed by atoms with van der Waals surface area (Å²) in [7, 11) is 0. The van der Waals surface area contributed by atoms with Gasteiger partial charge in [0, 0.05) is 30.9 Å². The number of carbonyl (C=O) groups excluding carboxylic acids is 1. The summed E-state index contributed by atoms with van der Waals surface area (Å²) in [4.78, 5) is 25.1. The van der Waals surface area contributed by atoms with Crippen molar-refractivity contribution in [1.29, 1.82) is 0 Å². The lowest BCUT2D eigenvalue weighted by atomic mass is 10.2. The Morgan fingerprint density at radius 1 is 1.35 bits per heavy atom. The maximum atomic E-state index is 12.2. The highest BCUT2D eigenvalue weighted by molar-refractivity contribution is 5.71. The molecule has 0 aromatic heterocycles. The Labute approximate surface area is 154 Å². The maximum Gasteiger partial charge on any atom is 0.412 e. The normalized spacial score (nSPS) is 17.1. The van der Waals surface area contributed by atoms with Crippen molar-refractivity contribution in [1.82, 2.24) is 10.2 Å². The van der Waals surface area contributed by atoms with Gasteiger partial charge in [-0.25, -0.2) is 4.79 Å². The van der Waals surface area contributed by atoms with Crippen molar-refractivity contribution < 1.29 is 19.2 Å². The van der Waals surface area contributed by atoms with Gasteiger partial charge in [0.1, 0.15) is 5.60 Å². The van der Waals surface area contributed by atoms with Crippen molar-refractivity contribution >= 4 is 6.09 Å². The minimum Gasteiger partial charge on any atom is -0.444 e. The van der Waals surface area contributed by atoms with Gasteiger partial charge in [-0.3, -0.25) is 15.4 Å². The van der Waals surface area contributed by atoms with Gasteiger partial charge in [-0.05, 0) is 34.1 Å². The summed E-state index contributed by atoms with van der Waals surface area (Å²) in [6.45, 7) is 11.4. The molecule has 0 atom stereocenters. The summed E-state index contributed by atoms with van der Waals surface area (Å²) in [6.07, 6.45) is 4.51. The van der Waals surface area contributed by atoms with Gasteiger partial charge in [-0.1, -0.05) is 13.0 Å². The number of hydrogen-bond acceptors (Lipinski definition) is 6. The first kappa shape index (κ1) is 21.7. The third-order valence-corrected chi connectivity index (χ3v) is 3.54. The predicted molar refractivity (Wildman–Crippen MR) is 99.0 cm³/mol. The van der Waals surface area contributed by atoms with E-state index in [1.54, 1.807) is 26.8 Å². The summed E-state index contributed by atoms with van der Waals surface area (Å²) in [5, 5.41) is 14.0. The topological polar surface area (TPSA) is 93.9 Å². The second kappa shape index (κ2) is 9.96. The van der Waals surface area contributed by atoms with E-state index in [1.165, 1.54) is 12.2 Å². The SMILES string of the molecule is CC/C=C/C(=C\C(NC(=O)OC(C)(C)C)=C(/C)N1CCOCC1)[N+](=O)[O-]. The average Bonchev–Trinajstić information content (AvgIpc) is 2.55. The Bertz CT molecular complexity index is 596. The minimum atomic E-state index is -0.667. The maximum absolute atomic E-state index is 12.2. The Hall–Kier alpha value is -2.35. The van der Waals surface area contributed by atoms with Crippen molar-refractivity contribution in [2.24, 2.45) is 0 Å². The van der Waals surface area contributed by atoms with E-state index in [-0.39, 0.29) is 5.70 Å². The van der Waals surface area contributed by atoms with Crippen LogP contribution in [0.4, 0.5) is 4.79 Å². The van der Waals surface area contributed by atoms with E-state index in [9.17, 15) is 14.9 Å². The van der Waals surface area contributed by atoms with E-state index in [0.717, 1.165) is 5.70 Å². The number of nitrogens with zero attached hydrogens (tertiary/aromatic N) is 2. The van der Waals surface area contributed by atoms with Crippen LogP contribution in [0.15, 0.2) is 35.3 Å². The highest BCUT2D eigenvalue weighted by Crippen LogP contribution is 2.16. The molecule has 146 valence electrons. The molecule has 0 saturated carbocycles. The van der Waals surface area contributed by atoms with E-state index in [2.05, 4.69) is 5.32 Å². The Kier molecular flexibility index (Phi) is 8.31. The van der Waals surface area contributed by atoms with Gasteiger partial charge in [0.2, 0.25) is 0 Å². The summed E-state index contributed by atoms with van der Waals surface area (Å²) in [6, 6.07) is 0. The number of ether oxygens (including phenoxy) is 2. The van der Waals surface area contributed by atoms with Crippen LogP contribution in [-0.4, -0.2) is 47.8 Å². The molecule has 1 heterocycles. The molecule has 1 aliphatic heterocycles. The molecule has 0 aliphatic carbocycles. The van der Waals surface area contributed by atoms with Crippen molar-refractivity contribution in [3.8, 4) is 0 Å². The first-order chi connectivity index (χ1) is 12.1. The largest absolute Gasteiger partial charge is 0.444 e. The lowest BCUT2D eigenvalue weighted by molar-refractivity contribution is -0.419. The van der Waals surface area contributed by atoms with Crippen LogP contribution in [0.3, 0.4) is 0 Å². The first-order valence-corrected chi connectivity index (χ1v) is 8.70. The van der Waals surface area contributed by atoms with Crippen molar-refractivity contribution in [3.63, 3.8) is 0 Å². The van der Waals surface area contributed by atoms with Crippen molar-refractivity contribution in [2.45, 2.75) is 46.6 Å². The Balaban J connectivity index is 3.20. The standard InChI is InChI=1S/C18H29N3O5/c1-6-7-8-15(21(23)24)13-16(19-17(22)26-18(3,4)5)14(2)20-9-11-25-12-10-20/h7-8,13H,6,9-12H2,1-5H3,(H,19,22)/b8-7+,15-13+,16-14-. The number of carbonyl (C=O) groups is 1. The zero-order valence-corrected chi connectivity index (χ0v) is 16.2. The van der Waals surface area contributed by atoms with E-state index >= 15 is 0 Å². The third-order valence-electron chi connectivity index (χ3n) is 3.54. The van der Waals surface area contributed by atoms with Crippen molar-refractivity contribution in [2.75, 3.05) is 26.3 Å². The van der Waals surface area contributed by atoms with Crippen LogP contribution >= 0.6 is 0 Å². The van der Waals surface area contributed by atoms with Crippen LogP contribution in [-0.2, 0) is 9.47 Å². The molecule has 1 saturated heterocycles. The van der Waals surface area contributed by atoms with Gasteiger partial charge in [-0.15, -0.1) is 0 Å². The number of hydrogen-bond donors (Lipinski definition) is 1. The Morgan fingerprint density at radius 2 is 1.96 bits per heavy atom. The molecule has 1 N–H and O–H groups in total. The number of amides is 1. The third kappa shape index (κ3) is 7.69. The molecule has 8 nitrogen and oxygen atoms in total. The van der Waals surface area contributed by atoms with E-state index in [0.29, 0.717) is 38.4 Å². The van der Waals surface area contributed by atoms with Crippen LogP contribution in [0.2, 0.25) is 0 Å². The Morgan fingerprint density at radius 3 is 2.46 bits per heavy atom. The van der Waals surface area contributed by atoms with E-state index in [1.807, 2.05) is 18.7 Å². The molecular weight excluding hydrogens is 338 g/mol. The molecule has 1 fully saturated rings.